The van der Waals surface area contributed by atoms with Crippen LogP contribution in [0.4, 0.5) is 0 Å². The van der Waals surface area contributed by atoms with Crippen LogP contribution in [0.3, 0.4) is 0 Å². The number of benzene rings is 1. The zero-order chi connectivity index (χ0) is 12.4. The summed E-state index contributed by atoms with van der Waals surface area (Å²) in [5, 5.41) is 8.87. The number of methoxy groups -OCH3 is 1. The highest BCUT2D eigenvalue weighted by atomic mass is 16.5. The zero-order valence-electron chi connectivity index (χ0n) is 10.3. The maximum Gasteiger partial charge on any atom is 0.303 e. The van der Waals surface area contributed by atoms with Crippen molar-refractivity contribution >= 4 is 5.97 Å². The summed E-state index contributed by atoms with van der Waals surface area (Å²) >= 11 is 0. The van der Waals surface area contributed by atoms with Gasteiger partial charge in [0.1, 0.15) is 5.75 Å². The summed E-state index contributed by atoms with van der Waals surface area (Å²) in [6.07, 6.45) is 2.34. The Morgan fingerprint density at radius 1 is 1.59 bits per heavy atom. The normalized spacial score (nSPS) is 19.8. The van der Waals surface area contributed by atoms with Crippen molar-refractivity contribution in [1.29, 1.82) is 0 Å². The summed E-state index contributed by atoms with van der Waals surface area (Å²) in [7, 11) is 1.66. The van der Waals surface area contributed by atoms with E-state index in [2.05, 4.69) is 12.1 Å². The van der Waals surface area contributed by atoms with Gasteiger partial charge in [0.25, 0.3) is 0 Å². The molecule has 0 saturated heterocycles. The summed E-state index contributed by atoms with van der Waals surface area (Å²) < 4.78 is 5.23. The van der Waals surface area contributed by atoms with Crippen LogP contribution in [0.25, 0.3) is 0 Å². The Kier molecular flexibility index (Phi) is 3.36. The lowest BCUT2D eigenvalue weighted by atomic mass is 9.86. The lowest BCUT2D eigenvalue weighted by Crippen LogP contribution is -2.12. The first-order valence-corrected chi connectivity index (χ1v) is 6.00. The van der Waals surface area contributed by atoms with Gasteiger partial charge in [-0.2, -0.15) is 0 Å². The third-order valence-electron chi connectivity index (χ3n) is 3.66. The molecular formula is C14H18O3. The number of rotatable bonds is 4. The average molecular weight is 234 g/mol. The van der Waals surface area contributed by atoms with Crippen molar-refractivity contribution in [2.45, 2.75) is 32.1 Å². The second-order valence-electron chi connectivity index (χ2n) is 4.79. The van der Waals surface area contributed by atoms with Crippen molar-refractivity contribution in [2.75, 3.05) is 7.11 Å². The van der Waals surface area contributed by atoms with Gasteiger partial charge in [0.2, 0.25) is 0 Å². The highest BCUT2D eigenvalue weighted by molar-refractivity contribution is 5.67. The van der Waals surface area contributed by atoms with Crippen LogP contribution in [-0.2, 0) is 11.2 Å². The number of carboxylic acid groups (broad SMARTS) is 1. The lowest BCUT2D eigenvalue weighted by Gasteiger charge is -2.19. The highest BCUT2D eigenvalue weighted by Gasteiger charge is 2.28. The highest BCUT2D eigenvalue weighted by Crippen LogP contribution is 2.41. The third-order valence-corrected chi connectivity index (χ3v) is 3.66. The third kappa shape index (κ3) is 2.43. The van der Waals surface area contributed by atoms with Gasteiger partial charge in [0, 0.05) is 6.42 Å². The van der Waals surface area contributed by atoms with Gasteiger partial charge < -0.3 is 9.84 Å². The van der Waals surface area contributed by atoms with E-state index in [1.807, 2.05) is 13.0 Å². The molecule has 0 fully saturated rings. The smallest absolute Gasteiger partial charge is 0.303 e. The minimum atomic E-state index is -0.714. The molecule has 2 unspecified atom stereocenters. The van der Waals surface area contributed by atoms with Gasteiger partial charge in [0.05, 0.1) is 7.11 Å². The minimum absolute atomic E-state index is 0.181. The summed E-state index contributed by atoms with van der Waals surface area (Å²) in [4.78, 5) is 10.8. The summed E-state index contributed by atoms with van der Waals surface area (Å²) in [5.41, 5.74) is 2.62. The Balaban J connectivity index is 2.22. The van der Waals surface area contributed by atoms with E-state index in [-0.39, 0.29) is 12.3 Å². The lowest BCUT2D eigenvalue weighted by molar-refractivity contribution is -0.138. The van der Waals surface area contributed by atoms with Crippen molar-refractivity contribution < 1.29 is 14.6 Å². The molecule has 3 nitrogen and oxygen atoms in total. The monoisotopic (exact) mass is 234 g/mol. The molecule has 1 aliphatic carbocycles. The fourth-order valence-corrected chi connectivity index (χ4v) is 2.75. The van der Waals surface area contributed by atoms with E-state index < -0.39 is 5.97 Å². The topological polar surface area (TPSA) is 46.5 Å². The van der Waals surface area contributed by atoms with Crippen molar-refractivity contribution in [1.82, 2.24) is 0 Å². The van der Waals surface area contributed by atoms with E-state index in [4.69, 9.17) is 9.84 Å². The number of aryl methyl sites for hydroxylation is 1. The van der Waals surface area contributed by atoms with Crippen molar-refractivity contribution in [3.8, 4) is 5.75 Å². The largest absolute Gasteiger partial charge is 0.497 e. The molecule has 0 amide bonds. The Labute approximate surface area is 101 Å². The molecule has 0 saturated carbocycles. The molecule has 0 aromatic heterocycles. The second kappa shape index (κ2) is 4.78. The Hall–Kier alpha value is -1.51. The number of carboxylic acids is 1. The quantitative estimate of drug-likeness (QED) is 0.871. The SMILES string of the molecule is COc1ccc2c(c1)C(C(C)CC(=O)O)CC2. The molecule has 2 atom stereocenters. The second-order valence-corrected chi connectivity index (χ2v) is 4.79. The van der Waals surface area contributed by atoms with Crippen molar-refractivity contribution in [3.63, 3.8) is 0 Å². The van der Waals surface area contributed by atoms with Crippen LogP contribution in [0.15, 0.2) is 18.2 Å². The fourth-order valence-electron chi connectivity index (χ4n) is 2.75. The predicted molar refractivity (Wildman–Crippen MR) is 65.5 cm³/mol. The molecule has 0 bridgehead atoms. The maximum absolute atomic E-state index is 10.8. The molecule has 1 N–H and O–H groups in total. The van der Waals surface area contributed by atoms with Crippen LogP contribution in [0.1, 0.15) is 36.8 Å². The first-order chi connectivity index (χ1) is 8.11. The predicted octanol–water partition coefficient (Wildman–Crippen LogP) is 2.84. The Morgan fingerprint density at radius 3 is 3.00 bits per heavy atom. The molecule has 1 aliphatic rings. The van der Waals surface area contributed by atoms with E-state index >= 15 is 0 Å². The zero-order valence-corrected chi connectivity index (χ0v) is 10.3. The molecule has 0 heterocycles. The van der Waals surface area contributed by atoms with Gasteiger partial charge in [-0.15, -0.1) is 0 Å². The number of fused-ring (bicyclic) bond motifs is 1. The average Bonchev–Trinajstić information content (AvgIpc) is 2.70. The molecule has 3 heteroatoms. The van der Waals surface area contributed by atoms with Crippen molar-refractivity contribution in [3.05, 3.63) is 29.3 Å². The number of hydrogen-bond donors (Lipinski definition) is 1. The van der Waals surface area contributed by atoms with Crippen LogP contribution in [0.2, 0.25) is 0 Å². The van der Waals surface area contributed by atoms with E-state index in [0.29, 0.717) is 5.92 Å². The molecule has 0 aliphatic heterocycles. The molecule has 1 aromatic carbocycles. The maximum atomic E-state index is 10.8. The number of carbonyl (C=O) groups is 1. The van der Waals surface area contributed by atoms with Gasteiger partial charge in [-0.3, -0.25) is 4.79 Å². The van der Waals surface area contributed by atoms with Crippen LogP contribution in [0.5, 0.6) is 5.75 Å². The van der Waals surface area contributed by atoms with Gasteiger partial charge in [-0.25, -0.2) is 0 Å². The Bertz CT molecular complexity index is 425. The molecule has 1 aromatic rings. The van der Waals surface area contributed by atoms with Crippen LogP contribution >= 0.6 is 0 Å². The minimum Gasteiger partial charge on any atom is -0.497 e. The molecule has 92 valence electrons. The first kappa shape index (κ1) is 12.0. The van der Waals surface area contributed by atoms with E-state index in [0.717, 1.165) is 18.6 Å². The molecule has 2 rings (SSSR count). The van der Waals surface area contributed by atoms with E-state index in [1.165, 1.54) is 11.1 Å². The van der Waals surface area contributed by atoms with Crippen molar-refractivity contribution in [2.24, 2.45) is 5.92 Å². The van der Waals surface area contributed by atoms with Gasteiger partial charge in [-0.1, -0.05) is 13.0 Å². The molecular weight excluding hydrogens is 216 g/mol. The standard InChI is InChI=1S/C14H18O3/c1-9(7-14(15)16)12-6-4-10-3-5-11(17-2)8-13(10)12/h3,5,8-9,12H,4,6-7H2,1-2H3,(H,15,16). The van der Waals surface area contributed by atoms with Crippen LogP contribution in [0, 0.1) is 5.92 Å². The molecule has 17 heavy (non-hydrogen) atoms. The van der Waals surface area contributed by atoms with Gasteiger partial charge in [0.15, 0.2) is 0 Å². The van der Waals surface area contributed by atoms with E-state index in [1.54, 1.807) is 7.11 Å². The fraction of sp³-hybridized carbons (Fsp3) is 0.500. The van der Waals surface area contributed by atoms with Crippen LogP contribution < -0.4 is 4.74 Å². The van der Waals surface area contributed by atoms with E-state index in [9.17, 15) is 4.79 Å². The summed E-state index contributed by atoms with van der Waals surface area (Å²) in [6, 6.07) is 6.14. The molecule has 0 spiro atoms. The van der Waals surface area contributed by atoms with Gasteiger partial charge >= 0.3 is 5.97 Å². The number of hydrogen-bond acceptors (Lipinski definition) is 2. The first-order valence-electron chi connectivity index (χ1n) is 6.00. The Morgan fingerprint density at radius 2 is 2.35 bits per heavy atom. The number of aliphatic carboxylic acids is 1. The summed E-state index contributed by atoms with van der Waals surface area (Å²) in [5.74, 6) is 0.684. The molecule has 0 radical (unpaired) electrons. The van der Waals surface area contributed by atoms with Gasteiger partial charge in [-0.05, 0) is 47.9 Å². The van der Waals surface area contributed by atoms with Crippen LogP contribution in [-0.4, -0.2) is 18.2 Å². The summed E-state index contributed by atoms with van der Waals surface area (Å²) in [6.45, 7) is 2.02. The number of ether oxygens (including phenoxy) is 1.